The molecule has 0 heteroatoms. The van der Waals surface area contributed by atoms with Crippen LogP contribution in [0.1, 0.15) is 201 Å². The molecule has 0 N–H and O–H groups in total. The average Bonchev–Trinajstić information content (AvgIpc) is 3.45. The van der Waals surface area contributed by atoms with Crippen LogP contribution in [0.15, 0.2) is 84.9 Å². The van der Waals surface area contributed by atoms with Gasteiger partial charge in [0, 0.05) is 5.41 Å². The summed E-state index contributed by atoms with van der Waals surface area (Å²) in [6, 6.07) is 34.9. The molecule has 0 radical (unpaired) electrons. The van der Waals surface area contributed by atoms with Crippen LogP contribution >= 0.6 is 0 Å². The number of aryl methyl sites for hydroxylation is 2. The van der Waals surface area contributed by atoms with Gasteiger partial charge >= 0.3 is 0 Å². The zero-order valence-electron chi connectivity index (χ0n) is 37.0. The fourth-order valence-electron chi connectivity index (χ4n) is 10.9. The molecule has 0 aromatic heterocycles. The van der Waals surface area contributed by atoms with E-state index in [9.17, 15) is 0 Å². The van der Waals surface area contributed by atoms with E-state index < -0.39 is 5.41 Å². The highest BCUT2D eigenvalue weighted by molar-refractivity contribution is 6.10. The lowest BCUT2D eigenvalue weighted by Crippen LogP contribution is -2.32. The molecular formula is C56H72. The van der Waals surface area contributed by atoms with Crippen LogP contribution in [0.4, 0.5) is 0 Å². The topological polar surface area (TPSA) is 0 Å². The molecule has 5 aromatic carbocycles. The van der Waals surface area contributed by atoms with Crippen LogP contribution in [0.2, 0.25) is 0 Å². The number of rotatable bonds is 16. The van der Waals surface area contributed by atoms with Crippen molar-refractivity contribution >= 4 is 10.8 Å². The molecule has 296 valence electrons. The van der Waals surface area contributed by atoms with Crippen molar-refractivity contribution in [3.05, 3.63) is 141 Å². The minimum Gasteiger partial charge on any atom is -0.0654 e. The average molecular weight is 745 g/mol. The number of hydrogen-bond acceptors (Lipinski definition) is 0. The lowest BCUT2D eigenvalue weighted by molar-refractivity contribution is 0.392. The Morgan fingerprint density at radius 2 is 0.929 bits per heavy atom. The van der Waals surface area contributed by atoms with Crippen LogP contribution in [0.25, 0.3) is 21.9 Å². The maximum absolute atomic E-state index is 2.65. The molecule has 0 bridgehead atoms. The second kappa shape index (κ2) is 16.0. The standard InChI is InChI=1S/C56H72/c1-11-13-15-17-19-21-34-55(35-22-20-18-16-14-12-2)46-25-23-24-45-40(4)38-49-52(50(45)46)51-47(55)36-39(3)37-48(51)56(49,43-30-26-41(27-31-43)53(5,6)7)44-32-28-42(29-33-44)54(8,9)10/h23-33,36-38H,11-22,34-35H2,1-10H3. The van der Waals surface area contributed by atoms with Gasteiger partial charge in [-0.1, -0.05) is 223 Å². The Morgan fingerprint density at radius 1 is 0.464 bits per heavy atom. The third-order valence-corrected chi connectivity index (χ3v) is 14.0. The number of hydrogen-bond donors (Lipinski definition) is 0. The Kier molecular flexibility index (Phi) is 11.6. The van der Waals surface area contributed by atoms with E-state index in [2.05, 4.69) is 154 Å². The van der Waals surface area contributed by atoms with Crippen LogP contribution < -0.4 is 0 Å². The summed E-state index contributed by atoms with van der Waals surface area (Å²) < 4.78 is 0. The smallest absolute Gasteiger partial charge is 0.0654 e. The van der Waals surface area contributed by atoms with Gasteiger partial charge in [0.1, 0.15) is 0 Å². The van der Waals surface area contributed by atoms with Gasteiger partial charge in [-0.3, -0.25) is 0 Å². The first-order valence-corrected chi connectivity index (χ1v) is 22.7. The molecule has 0 saturated carbocycles. The first-order valence-electron chi connectivity index (χ1n) is 22.7. The van der Waals surface area contributed by atoms with Crippen molar-refractivity contribution in [2.45, 2.75) is 181 Å². The highest BCUT2D eigenvalue weighted by atomic mass is 14.5. The summed E-state index contributed by atoms with van der Waals surface area (Å²) in [5.74, 6) is 0. The van der Waals surface area contributed by atoms with Gasteiger partial charge in [-0.05, 0) is 109 Å². The summed E-state index contributed by atoms with van der Waals surface area (Å²) in [5, 5.41) is 3.01. The summed E-state index contributed by atoms with van der Waals surface area (Å²) in [6.07, 6.45) is 18.5. The van der Waals surface area contributed by atoms with Crippen molar-refractivity contribution in [2.75, 3.05) is 0 Å². The van der Waals surface area contributed by atoms with Gasteiger partial charge in [0.2, 0.25) is 0 Å². The summed E-state index contributed by atoms with van der Waals surface area (Å²) >= 11 is 0. The minimum absolute atomic E-state index is 0.00541. The monoisotopic (exact) mass is 745 g/mol. The maximum atomic E-state index is 2.65. The Labute approximate surface area is 341 Å². The summed E-state index contributed by atoms with van der Waals surface area (Å²) in [4.78, 5) is 0. The van der Waals surface area contributed by atoms with Gasteiger partial charge < -0.3 is 0 Å². The van der Waals surface area contributed by atoms with Crippen molar-refractivity contribution in [3.63, 3.8) is 0 Å². The van der Waals surface area contributed by atoms with Gasteiger partial charge in [-0.2, -0.15) is 0 Å². The molecule has 0 spiro atoms. The van der Waals surface area contributed by atoms with Crippen molar-refractivity contribution in [1.29, 1.82) is 0 Å². The first-order chi connectivity index (χ1) is 26.8. The molecule has 0 saturated heterocycles. The molecule has 2 aliphatic rings. The third-order valence-electron chi connectivity index (χ3n) is 14.0. The van der Waals surface area contributed by atoms with Crippen molar-refractivity contribution < 1.29 is 0 Å². The van der Waals surface area contributed by atoms with Gasteiger partial charge in [0.05, 0.1) is 5.41 Å². The van der Waals surface area contributed by atoms with Crippen LogP contribution in [0, 0.1) is 13.8 Å². The van der Waals surface area contributed by atoms with E-state index in [0.29, 0.717) is 0 Å². The summed E-state index contributed by atoms with van der Waals surface area (Å²) in [6.45, 7) is 23.5. The van der Waals surface area contributed by atoms with Crippen molar-refractivity contribution in [2.24, 2.45) is 0 Å². The van der Waals surface area contributed by atoms with Crippen LogP contribution in [0.3, 0.4) is 0 Å². The van der Waals surface area contributed by atoms with E-state index in [1.54, 1.807) is 22.1 Å². The van der Waals surface area contributed by atoms with Crippen molar-refractivity contribution in [1.82, 2.24) is 0 Å². The van der Waals surface area contributed by atoms with Crippen LogP contribution in [-0.4, -0.2) is 0 Å². The SMILES string of the molecule is CCCCCCCCC1(CCCCCCCC)c2cc(C)cc3c2-c2c(cc(C)c4cccc1c24)C3(c1ccc(C(C)(C)C)cc1)c1ccc(C(C)(C)C)cc1. The van der Waals surface area contributed by atoms with Gasteiger partial charge in [-0.25, -0.2) is 0 Å². The quantitative estimate of drug-likeness (QED) is 0.0866. The second-order valence-electron chi connectivity index (χ2n) is 20.1. The molecule has 2 aliphatic carbocycles. The Balaban J connectivity index is 1.53. The molecule has 5 aromatic rings. The normalized spacial score (nSPS) is 15.2. The second-order valence-corrected chi connectivity index (χ2v) is 20.1. The molecule has 0 atom stereocenters. The van der Waals surface area contributed by atoms with Crippen molar-refractivity contribution in [3.8, 4) is 11.1 Å². The molecule has 7 rings (SSSR count). The van der Waals surface area contributed by atoms with Crippen LogP contribution in [-0.2, 0) is 21.7 Å². The third kappa shape index (κ3) is 7.00. The van der Waals surface area contributed by atoms with Gasteiger partial charge in [0.15, 0.2) is 0 Å². The number of unbranched alkanes of at least 4 members (excludes halogenated alkanes) is 10. The fourth-order valence-corrected chi connectivity index (χ4v) is 10.9. The van der Waals surface area contributed by atoms with Gasteiger partial charge in [-0.15, -0.1) is 0 Å². The Hall–Kier alpha value is -3.64. The van der Waals surface area contributed by atoms with E-state index in [0.717, 1.165) is 0 Å². The van der Waals surface area contributed by atoms with E-state index in [1.165, 1.54) is 145 Å². The molecule has 0 heterocycles. The predicted molar refractivity (Wildman–Crippen MR) is 245 cm³/mol. The minimum atomic E-state index is -0.416. The van der Waals surface area contributed by atoms with E-state index >= 15 is 0 Å². The molecule has 0 aliphatic heterocycles. The molecule has 0 amide bonds. The van der Waals surface area contributed by atoms with E-state index in [-0.39, 0.29) is 16.2 Å². The lowest BCUT2D eigenvalue weighted by Gasteiger charge is -2.42. The highest BCUT2D eigenvalue weighted by Crippen LogP contribution is 2.65. The first kappa shape index (κ1) is 40.6. The molecule has 0 nitrogen and oxygen atoms in total. The highest BCUT2D eigenvalue weighted by Gasteiger charge is 2.53. The Morgan fingerprint density at radius 3 is 1.43 bits per heavy atom. The zero-order chi connectivity index (χ0) is 39.9. The maximum Gasteiger partial charge on any atom is 0.0714 e. The van der Waals surface area contributed by atoms with Crippen LogP contribution in [0.5, 0.6) is 0 Å². The summed E-state index contributed by atoms with van der Waals surface area (Å²) in [7, 11) is 0. The lowest BCUT2D eigenvalue weighted by atomic mass is 9.61. The summed E-state index contributed by atoms with van der Waals surface area (Å²) in [5.41, 5.74) is 17.4. The molecule has 56 heavy (non-hydrogen) atoms. The molecular weight excluding hydrogens is 673 g/mol. The molecule has 0 fully saturated rings. The van der Waals surface area contributed by atoms with Gasteiger partial charge in [0.25, 0.3) is 0 Å². The van der Waals surface area contributed by atoms with E-state index in [4.69, 9.17) is 0 Å². The Bertz CT molecular complexity index is 2070. The van der Waals surface area contributed by atoms with E-state index in [1.807, 2.05) is 0 Å². The largest absolute Gasteiger partial charge is 0.0714 e. The zero-order valence-corrected chi connectivity index (χ0v) is 37.0. The predicted octanol–water partition coefficient (Wildman–Crippen LogP) is 16.5. The number of benzene rings is 5. The molecule has 0 unspecified atom stereocenters. The fraction of sp³-hybridized carbons (Fsp3) is 0.500.